The van der Waals surface area contributed by atoms with E-state index in [1.54, 1.807) is 0 Å². The van der Waals surface area contributed by atoms with Gasteiger partial charge < -0.3 is 10.1 Å². The summed E-state index contributed by atoms with van der Waals surface area (Å²) in [4.78, 5) is 0. The number of nitrogens with zero attached hydrogens (tertiary/aromatic N) is 1. The molecule has 0 saturated carbocycles. The van der Waals surface area contributed by atoms with Gasteiger partial charge in [0, 0.05) is 12.6 Å². The lowest BCUT2D eigenvalue weighted by atomic mass is 10.2. The van der Waals surface area contributed by atoms with Crippen LogP contribution in [-0.4, -0.2) is 12.6 Å². The summed E-state index contributed by atoms with van der Waals surface area (Å²) in [5.74, 6) is 0.731. The Morgan fingerprint density at radius 2 is 2.18 bits per heavy atom. The van der Waals surface area contributed by atoms with Crippen molar-refractivity contribution in [1.29, 1.82) is 5.26 Å². The Labute approximate surface area is 103 Å². The maximum atomic E-state index is 8.38. The summed E-state index contributed by atoms with van der Waals surface area (Å²) < 4.78 is 5.18. The molecular formula is C14H18N2O. The number of rotatable bonds is 7. The van der Waals surface area contributed by atoms with Crippen LogP contribution in [0.5, 0.6) is 5.75 Å². The van der Waals surface area contributed by atoms with Gasteiger partial charge in [-0.05, 0) is 31.0 Å². The molecule has 1 aromatic rings. The Balaban J connectivity index is 2.40. The minimum Gasteiger partial charge on any atom is -0.479 e. The van der Waals surface area contributed by atoms with Gasteiger partial charge in [0.15, 0.2) is 6.61 Å². The van der Waals surface area contributed by atoms with E-state index < -0.39 is 0 Å². The molecule has 1 aromatic carbocycles. The molecule has 0 saturated heterocycles. The predicted molar refractivity (Wildman–Crippen MR) is 68.7 cm³/mol. The average molecular weight is 230 g/mol. The Hall–Kier alpha value is -1.79. The zero-order valence-electron chi connectivity index (χ0n) is 10.1. The first-order chi connectivity index (χ1) is 8.26. The third-order valence-corrected chi connectivity index (χ3v) is 2.40. The highest BCUT2D eigenvalue weighted by molar-refractivity contribution is 5.27. The molecule has 0 aliphatic heterocycles. The SMILES string of the molecule is C=CCC(C)NCc1ccc(OCC#N)cc1. The van der Waals surface area contributed by atoms with Crippen molar-refractivity contribution in [2.45, 2.75) is 25.9 Å². The fourth-order valence-electron chi connectivity index (χ4n) is 1.44. The molecule has 0 amide bonds. The minimum absolute atomic E-state index is 0.0912. The smallest absolute Gasteiger partial charge is 0.174 e. The minimum atomic E-state index is 0.0912. The van der Waals surface area contributed by atoms with Crippen molar-refractivity contribution < 1.29 is 4.74 Å². The quantitative estimate of drug-likeness (QED) is 0.732. The molecule has 0 spiro atoms. The second-order valence-corrected chi connectivity index (χ2v) is 3.90. The van der Waals surface area contributed by atoms with E-state index in [0.717, 1.165) is 18.7 Å². The first kappa shape index (κ1) is 13.3. The van der Waals surface area contributed by atoms with Gasteiger partial charge in [-0.1, -0.05) is 18.2 Å². The second kappa shape index (κ2) is 7.48. The lowest BCUT2D eigenvalue weighted by molar-refractivity contribution is 0.368. The molecule has 0 aliphatic carbocycles. The summed E-state index contributed by atoms with van der Waals surface area (Å²) in [7, 11) is 0. The molecule has 90 valence electrons. The molecule has 1 unspecified atom stereocenters. The van der Waals surface area contributed by atoms with Gasteiger partial charge >= 0.3 is 0 Å². The standard InChI is InChI=1S/C14H18N2O/c1-3-4-12(2)16-11-13-5-7-14(8-6-13)17-10-9-15/h3,5-8,12,16H,1,4,10-11H2,2H3. The van der Waals surface area contributed by atoms with Crippen molar-refractivity contribution in [1.82, 2.24) is 5.32 Å². The number of hydrogen-bond donors (Lipinski definition) is 1. The molecule has 3 nitrogen and oxygen atoms in total. The molecule has 1 N–H and O–H groups in total. The van der Waals surface area contributed by atoms with E-state index in [1.165, 1.54) is 5.56 Å². The summed E-state index contributed by atoms with van der Waals surface area (Å²) in [5, 5.41) is 11.8. The lowest BCUT2D eigenvalue weighted by Crippen LogP contribution is -2.24. The molecule has 0 heterocycles. The molecule has 0 bridgehead atoms. The fourth-order valence-corrected chi connectivity index (χ4v) is 1.44. The highest BCUT2D eigenvalue weighted by Crippen LogP contribution is 2.12. The van der Waals surface area contributed by atoms with Gasteiger partial charge in [0.05, 0.1) is 0 Å². The molecular weight excluding hydrogens is 212 g/mol. The Bertz CT molecular complexity index is 378. The van der Waals surface area contributed by atoms with Crippen molar-refractivity contribution in [3.63, 3.8) is 0 Å². The van der Waals surface area contributed by atoms with E-state index in [2.05, 4.69) is 18.8 Å². The normalized spacial score (nSPS) is 11.5. The molecule has 0 aliphatic rings. The van der Waals surface area contributed by atoms with Gasteiger partial charge in [-0.2, -0.15) is 5.26 Å². The summed E-state index contributed by atoms with van der Waals surface area (Å²) in [5.41, 5.74) is 1.20. The van der Waals surface area contributed by atoms with Crippen LogP contribution in [-0.2, 0) is 6.54 Å². The molecule has 17 heavy (non-hydrogen) atoms. The molecule has 1 atom stereocenters. The number of ether oxygens (including phenoxy) is 1. The Morgan fingerprint density at radius 1 is 1.47 bits per heavy atom. The van der Waals surface area contributed by atoms with Crippen LogP contribution in [0.3, 0.4) is 0 Å². The number of benzene rings is 1. The van der Waals surface area contributed by atoms with Crippen LogP contribution in [0, 0.1) is 11.3 Å². The van der Waals surface area contributed by atoms with E-state index in [9.17, 15) is 0 Å². The summed E-state index contributed by atoms with van der Waals surface area (Å²) in [6, 6.07) is 10.1. The van der Waals surface area contributed by atoms with E-state index in [4.69, 9.17) is 10.00 Å². The van der Waals surface area contributed by atoms with E-state index in [0.29, 0.717) is 6.04 Å². The van der Waals surface area contributed by atoms with Gasteiger partial charge in [0.25, 0.3) is 0 Å². The van der Waals surface area contributed by atoms with Crippen LogP contribution in [0.4, 0.5) is 0 Å². The first-order valence-corrected chi connectivity index (χ1v) is 5.69. The van der Waals surface area contributed by atoms with Crippen LogP contribution in [0.1, 0.15) is 18.9 Å². The van der Waals surface area contributed by atoms with Crippen molar-refractivity contribution in [2.24, 2.45) is 0 Å². The molecule has 0 radical (unpaired) electrons. The summed E-state index contributed by atoms with van der Waals surface area (Å²) >= 11 is 0. The number of nitriles is 1. The number of hydrogen-bond acceptors (Lipinski definition) is 3. The third kappa shape index (κ3) is 5.19. The van der Waals surface area contributed by atoms with Gasteiger partial charge in [0.2, 0.25) is 0 Å². The van der Waals surface area contributed by atoms with Crippen LogP contribution in [0.25, 0.3) is 0 Å². The highest BCUT2D eigenvalue weighted by Gasteiger charge is 1.99. The Morgan fingerprint density at radius 3 is 2.76 bits per heavy atom. The van der Waals surface area contributed by atoms with Gasteiger partial charge in [0.1, 0.15) is 11.8 Å². The zero-order chi connectivity index (χ0) is 12.5. The van der Waals surface area contributed by atoms with Crippen molar-refractivity contribution in [2.75, 3.05) is 6.61 Å². The predicted octanol–water partition coefficient (Wildman–Crippen LogP) is 2.64. The van der Waals surface area contributed by atoms with Crippen LogP contribution < -0.4 is 10.1 Å². The van der Waals surface area contributed by atoms with Gasteiger partial charge in [-0.25, -0.2) is 0 Å². The maximum Gasteiger partial charge on any atom is 0.174 e. The van der Waals surface area contributed by atoms with Crippen molar-refractivity contribution in [3.05, 3.63) is 42.5 Å². The summed E-state index contributed by atoms with van der Waals surface area (Å²) in [6.07, 6.45) is 2.87. The van der Waals surface area contributed by atoms with Crippen LogP contribution >= 0.6 is 0 Å². The first-order valence-electron chi connectivity index (χ1n) is 5.69. The Kier molecular flexibility index (Phi) is 5.84. The van der Waals surface area contributed by atoms with Gasteiger partial charge in [-0.15, -0.1) is 6.58 Å². The average Bonchev–Trinajstić information content (AvgIpc) is 2.35. The van der Waals surface area contributed by atoms with E-state index in [-0.39, 0.29) is 6.61 Å². The molecule has 3 heteroatoms. The van der Waals surface area contributed by atoms with E-state index in [1.807, 2.05) is 36.4 Å². The second-order valence-electron chi connectivity index (χ2n) is 3.90. The maximum absolute atomic E-state index is 8.38. The third-order valence-electron chi connectivity index (χ3n) is 2.40. The largest absolute Gasteiger partial charge is 0.479 e. The van der Waals surface area contributed by atoms with Crippen molar-refractivity contribution >= 4 is 0 Å². The van der Waals surface area contributed by atoms with Crippen LogP contribution in [0.2, 0.25) is 0 Å². The fraction of sp³-hybridized carbons (Fsp3) is 0.357. The molecule has 0 fully saturated rings. The van der Waals surface area contributed by atoms with Gasteiger partial charge in [-0.3, -0.25) is 0 Å². The van der Waals surface area contributed by atoms with Crippen LogP contribution in [0.15, 0.2) is 36.9 Å². The topological polar surface area (TPSA) is 45.0 Å². The lowest BCUT2D eigenvalue weighted by Gasteiger charge is -2.11. The van der Waals surface area contributed by atoms with E-state index >= 15 is 0 Å². The molecule has 0 aromatic heterocycles. The van der Waals surface area contributed by atoms with Crippen molar-refractivity contribution in [3.8, 4) is 11.8 Å². The zero-order valence-corrected chi connectivity index (χ0v) is 10.1. The highest BCUT2D eigenvalue weighted by atomic mass is 16.5. The molecule has 1 rings (SSSR count). The summed E-state index contributed by atoms with van der Waals surface area (Å²) in [6.45, 7) is 6.76. The number of nitrogens with one attached hydrogen (secondary N) is 1. The monoisotopic (exact) mass is 230 g/mol.